The molecule has 0 saturated heterocycles. The van der Waals surface area contributed by atoms with Crippen LogP contribution in [-0.2, 0) is 6.42 Å². The Morgan fingerprint density at radius 1 is 1.69 bits per heavy atom. The Kier molecular flexibility index (Phi) is 1.90. The van der Waals surface area contributed by atoms with Crippen LogP contribution in [0.25, 0.3) is 0 Å². The number of hydrogen-bond acceptors (Lipinski definition) is 4. The molecule has 2 rings (SSSR count). The summed E-state index contributed by atoms with van der Waals surface area (Å²) in [6.45, 7) is 0. The van der Waals surface area contributed by atoms with E-state index in [1.165, 1.54) is 0 Å². The number of hydrogen-bond donors (Lipinski definition) is 2. The maximum atomic E-state index is 10.9. The van der Waals surface area contributed by atoms with Crippen LogP contribution in [0.4, 0.5) is 0 Å². The van der Waals surface area contributed by atoms with Crippen LogP contribution >= 0.6 is 11.3 Å². The van der Waals surface area contributed by atoms with E-state index < -0.39 is 0 Å². The molecule has 2 heterocycles. The molecule has 0 bridgehead atoms. The van der Waals surface area contributed by atoms with Gasteiger partial charge in [-0.15, -0.1) is 11.3 Å². The fourth-order valence-electron chi connectivity index (χ4n) is 1.03. The molecule has 0 aliphatic carbocycles. The largest absolute Gasteiger partial charge is 0.361 e. The number of rotatable bonds is 2. The summed E-state index contributed by atoms with van der Waals surface area (Å²) in [5, 5.41) is 8.06. The van der Waals surface area contributed by atoms with Crippen LogP contribution in [0.3, 0.4) is 0 Å². The Bertz CT molecular complexity index is 441. The lowest BCUT2D eigenvalue weighted by Crippen LogP contribution is -2.26. The lowest BCUT2D eigenvalue weighted by atomic mass is 10.3. The fraction of sp³-hybridized carbons (Fsp3) is 0.143. The quantitative estimate of drug-likeness (QED) is 0.660. The van der Waals surface area contributed by atoms with Gasteiger partial charge in [-0.3, -0.25) is 0 Å². The average molecular weight is 196 g/mol. The van der Waals surface area contributed by atoms with E-state index in [9.17, 15) is 4.79 Å². The van der Waals surface area contributed by atoms with Crippen LogP contribution in [0.2, 0.25) is 0 Å². The van der Waals surface area contributed by atoms with Crippen LogP contribution in [0.1, 0.15) is 10.7 Å². The van der Waals surface area contributed by atoms with Gasteiger partial charge in [-0.2, -0.15) is 9.77 Å². The maximum absolute atomic E-state index is 10.9. The Balaban J connectivity index is 2.29. The zero-order valence-electron chi connectivity index (χ0n) is 6.73. The smallest absolute Gasteiger partial charge is 0.333 e. The van der Waals surface area contributed by atoms with Gasteiger partial charge in [-0.25, -0.2) is 9.89 Å². The first-order valence-corrected chi connectivity index (χ1v) is 4.59. The predicted molar refractivity (Wildman–Crippen MR) is 50.1 cm³/mol. The first-order valence-electron chi connectivity index (χ1n) is 3.71. The summed E-state index contributed by atoms with van der Waals surface area (Å²) in [4.78, 5) is 12.0. The first kappa shape index (κ1) is 8.06. The van der Waals surface area contributed by atoms with Gasteiger partial charge in [0.25, 0.3) is 0 Å². The van der Waals surface area contributed by atoms with Gasteiger partial charge in [0.1, 0.15) is 0 Å². The van der Waals surface area contributed by atoms with Gasteiger partial charge < -0.3 is 5.84 Å². The zero-order chi connectivity index (χ0) is 9.26. The minimum absolute atomic E-state index is 0.383. The van der Waals surface area contributed by atoms with Gasteiger partial charge in [-0.1, -0.05) is 6.07 Å². The summed E-state index contributed by atoms with van der Waals surface area (Å²) in [5.41, 5.74) is -0.383. The third-order valence-electron chi connectivity index (χ3n) is 1.69. The molecule has 0 unspecified atom stereocenters. The molecule has 0 amide bonds. The molecule has 3 N–H and O–H groups in total. The Hall–Kier alpha value is -1.56. The second-order valence-corrected chi connectivity index (χ2v) is 3.60. The van der Waals surface area contributed by atoms with E-state index in [2.05, 4.69) is 10.2 Å². The molecule has 0 spiro atoms. The SMILES string of the molecule is Nn1c(Cc2cccs2)n[nH]c1=O. The number of nitrogens with zero attached hydrogens (tertiary/aromatic N) is 2. The highest BCUT2D eigenvalue weighted by molar-refractivity contribution is 7.09. The molecule has 2 aromatic heterocycles. The summed E-state index contributed by atoms with van der Waals surface area (Å²) in [7, 11) is 0. The highest BCUT2D eigenvalue weighted by Gasteiger charge is 2.05. The molecular formula is C7H8N4OS. The average Bonchev–Trinajstić information content (AvgIpc) is 2.71. The Labute approximate surface area is 77.8 Å². The van der Waals surface area contributed by atoms with Crippen molar-refractivity contribution in [3.8, 4) is 0 Å². The van der Waals surface area contributed by atoms with Crippen LogP contribution in [-0.4, -0.2) is 14.9 Å². The van der Waals surface area contributed by atoms with Crippen molar-refractivity contribution in [3.63, 3.8) is 0 Å². The minimum atomic E-state index is -0.383. The number of H-pyrrole nitrogens is 1. The van der Waals surface area contributed by atoms with Gasteiger partial charge in [0.2, 0.25) is 0 Å². The third-order valence-corrected chi connectivity index (χ3v) is 2.57. The molecule has 0 fully saturated rings. The van der Waals surface area contributed by atoms with E-state index >= 15 is 0 Å². The van der Waals surface area contributed by atoms with Gasteiger partial charge in [0.15, 0.2) is 5.82 Å². The molecule has 0 saturated carbocycles. The van der Waals surface area contributed by atoms with Gasteiger partial charge >= 0.3 is 5.69 Å². The monoisotopic (exact) mass is 196 g/mol. The van der Waals surface area contributed by atoms with Crippen molar-refractivity contribution in [2.24, 2.45) is 0 Å². The Morgan fingerprint density at radius 2 is 2.54 bits per heavy atom. The van der Waals surface area contributed by atoms with Crippen LogP contribution in [0.5, 0.6) is 0 Å². The van der Waals surface area contributed by atoms with Crippen LogP contribution in [0.15, 0.2) is 22.3 Å². The van der Waals surface area contributed by atoms with Crippen LogP contribution < -0.4 is 11.5 Å². The van der Waals surface area contributed by atoms with Crippen molar-refractivity contribution < 1.29 is 0 Å². The maximum Gasteiger partial charge on any atom is 0.361 e. The highest BCUT2D eigenvalue weighted by atomic mass is 32.1. The highest BCUT2D eigenvalue weighted by Crippen LogP contribution is 2.11. The standard InChI is InChI=1S/C7H8N4OS/c8-11-6(9-10-7(11)12)4-5-2-1-3-13-5/h1-3H,4,8H2,(H,10,12). The van der Waals surface area contributed by atoms with E-state index in [1.54, 1.807) is 11.3 Å². The number of aromatic amines is 1. The van der Waals surface area contributed by atoms with E-state index in [4.69, 9.17) is 5.84 Å². The van der Waals surface area contributed by atoms with E-state index in [1.807, 2.05) is 17.5 Å². The normalized spacial score (nSPS) is 10.5. The number of aromatic nitrogens is 3. The number of thiophene rings is 1. The number of nitrogens with one attached hydrogen (secondary N) is 1. The van der Waals surface area contributed by atoms with Crippen molar-refractivity contribution in [1.82, 2.24) is 14.9 Å². The van der Waals surface area contributed by atoms with Crippen molar-refractivity contribution in [2.75, 3.05) is 5.84 Å². The molecule has 13 heavy (non-hydrogen) atoms. The van der Waals surface area contributed by atoms with Gasteiger partial charge in [0.05, 0.1) is 0 Å². The molecule has 2 aromatic rings. The second-order valence-electron chi connectivity index (χ2n) is 2.57. The van der Waals surface area contributed by atoms with E-state index in [0.29, 0.717) is 12.2 Å². The molecular weight excluding hydrogens is 188 g/mol. The molecule has 0 radical (unpaired) electrons. The molecule has 68 valence electrons. The number of nitrogens with two attached hydrogens (primary N) is 1. The summed E-state index contributed by atoms with van der Waals surface area (Å²) >= 11 is 1.61. The van der Waals surface area contributed by atoms with E-state index in [0.717, 1.165) is 9.55 Å². The van der Waals surface area contributed by atoms with Crippen molar-refractivity contribution >= 4 is 11.3 Å². The molecule has 0 aliphatic rings. The van der Waals surface area contributed by atoms with Gasteiger partial charge in [-0.05, 0) is 11.4 Å². The zero-order valence-corrected chi connectivity index (χ0v) is 7.54. The van der Waals surface area contributed by atoms with Crippen LogP contribution in [0, 0.1) is 0 Å². The summed E-state index contributed by atoms with van der Waals surface area (Å²) < 4.78 is 1.03. The van der Waals surface area contributed by atoms with Crippen molar-refractivity contribution in [3.05, 3.63) is 38.7 Å². The molecule has 6 heteroatoms. The fourth-order valence-corrected chi connectivity index (χ4v) is 1.73. The first-order chi connectivity index (χ1) is 6.27. The van der Waals surface area contributed by atoms with Crippen molar-refractivity contribution in [2.45, 2.75) is 6.42 Å². The molecule has 0 aliphatic heterocycles. The van der Waals surface area contributed by atoms with Crippen molar-refractivity contribution in [1.29, 1.82) is 0 Å². The minimum Gasteiger partial charge on any atom is -0.333 e. The summed E-state index contributed by atoms with van der Waals surface area (Å²) in [6, 6.07) is 3.93. The molecule has 0 atom stereocenters. The number of nitrogen functional groups attached to an aromatic ring is 1. The summed E-state index contributed by atoms with van der Waals surface area (Å²) in [5.74, 6) is 5.98. The van der Waals surface area contributed by atoms with Gasteiger partial charge in [0, 0.05) is 11.3 Å². The molecule has 5 nitrogen and oxygen atoms in total. The molecule has 0 aromatic carbocycles. The third kappa shape index (κ3) is 1.48. The Morgan fingerprint density at radius 3 is 3.08 bits per heavy atom. The predicted octanol–water partition coefficient (Wildman–Crippen LogP) is -0.0625. The lowest BCUT2D eigenvalue weighted by Gasteiger charge is -1.95. The second kappa shape index (κ2) is 3.06. The lowest BCUT2D eigenvalue weighted by molar-refractivity contribution is 0.860. The summed E-state index contributed by atoms with van der Waals surface area (Å²) in [6.07, 6.45) is 0.590. The van der Waals surface area contributed by atoms with E-state index in [-0.39, 0.29) is 5.69 Å². The topological polar surface area (TPSA) is 76.7 Å².